The Morgan fingerprint density at radius 1 is 0.900 bits per heavy atom. The first-order valence-corrected chi connectivity index (χ1v) is 6.98. The minimum atomic E-state index is 0.740. The summed E-state index contributed by atoms with van der Waals surface area (Å²) in [6, 6.07) is 16.9. The number of aldehydes is 1. The van der Waals surface area contributed by atoms with Crippen LogP contribution in [-0.4, -0.2) is 6.29 Å². The van der Waals surface area contributed by atoms with Crippen LogP contribution < -0.4 is 0 Å². The molecule has 3 aromatic carbocycles. The third kappa shape index (κ3) is 1.35. The molecule has 3 aromatic rings. The fourth-order valence-corrected chi connectivity index (χ4v) is 3.32. The topological polar surface area (TPSA) is 17.1 Å². The van der Waals surface area contributed by atoms with Crippen molar-refractivity contribution in [3.05, 3.63) is 59.7 Å². The normalized spacial score (nSPS) is 11.7. The van der Waals surface area contributed by atoms with E-state index in [9.17, 15) is 4.79 Å². The maximum absolute atomic E-state index is 11.0. The Kier molecular flexibility index (Phi) is 2.31. The SMILES string of the molecule is CCc1ccc2c3c(cccc13)-c1cc(C=O)ccc1-2. The summed E-state index contributed by atoms with van der Waals surface area (Å²) in [4.78, 5) is 11.0. The van der Waals surface area contributed by atoms with Gasteiger partial charge in [0.25, 0.3) is 0 Å². The summed E-state index contributed by atoms with van der Waals surface area (Å²) >= 11 is 0. The maximum atomic E-state index is 11.0. The van der Waals surface area contributed by atoms with Gasteiger partial charge in [-0.1, -0.05) is 49.4 Å². The van der Waals surface area contributed by atoms with Gasteiger partial charge in [-0.3, -0.25) is 4.79 Å². The van der Waals surface area contributed by atoms with Crippen LogP contribution in [0.3, 0.4) is 0 Å². The van der Waals surface area contributed by atoms with Crippen LogP contribution >= 0.6 is 0 Å². The fraction of sp³-hybridized carbons (Fsp3) is 0.105. The molecule has 0 aliphatic heterocycles. The molecule has 1 nitrogen and oxygen atoms in total. The van der Waals surface area contributed by atoms with E-state index >= 15 is 0 Å². The third-order valence-electron chi connectivity index (χ3n) is 4.27. The summed E-state index contributed by atoms with van der Waals surface area (Å²) in [6.45, 7) is 2.19. The molecule has 20 heavy (non-hydrogen) atoms. The molecular weight excluding hydrogens is 244 g/mol. The van der Waals surface area contributed by atoms with Crippen LogP contribution in [0, 0.1) is 0 Å². The van der Waals surface area contributed by atoms with Gasteiger partial charge in [0.05, 0.1) is 0 Å². The fourth-order valence-electron chi connectivity index (χ4n) is 3.32. The van der Waals surface area contributed by atoms with E-state index in [1.54, 1.807) is 0 Å². The molecule has 1 aliphatic rings. The lowest BCUT2D eigenvalue weighted by Gasteiger charge is -2.06. The summed E-state index contributed by atoms with van der Waals surface area (Å²) in [6.07, 6.45) is 1.96. The second-order valence-corrected chi connectivity index (χ2v) is 5.28. The largest absolute Gasteiger partial charge is 0.298 e. The number of benzene rings is 3. The van der Waals surface area contributed by atoms with Crippen LogP contribution in [0.5, 0.6) is 0 Å². The quantitative estimate of drug-likeness (QED) is 0.469. The first-order chi connectivity index (χ1) is 9.83. The Morgan fingerprint density at radius 2 is 1.70 bits per heavy atom. The van der Waals surface area contributed by atoms with Gasteiger partial charge in [0.1, 0.15) is 6.29 Å². The van der Waals surface area contributed by atoms with Gasteiger partial charge in [-0.05, 0) is 51.1 Å². The summed E-state index contributed by atoms with van der Waals surface area (Å²) in [7, 11) is 0. The average Bonchev–Trinajstić information content (AvgIpc) is 2.83. The number of rotatable bonds is 2. The molecule has 0 radical (unpaired) electrons. The van der Waals surface area contributed by atoms with Gasteiger partial charge < -0.3 is 0 Å². The number of fused-ring (bicyclic) bond motifs is 3. The molecule has 0 atom stereocenters. The third-order valence-corrected chi connectivity index (χ3v) is 4.27. The predicted molar refractivity (Wildman–Crippen MR) is 83.1 cm³/mol. The molecule has 1 aliphatic carbocycles. The Labute approximate surface area is 117 Å². The highest BCUT2D eigenvalue weighted by Gasteiger charge is 2.21. The van der Waals surface area contributed by atoms with Crippen molar-refractivity contribution in [2.45, 2.75) is 13.3 Å². The molecule has 4 rings (SSSR count). The van der Waals surface area contributed by atoms with Crippen molar-refractivity contribution in [3.8, 4) is 22.3 Å². The Bertz CT molecular complexity index is 859. The minimum Gasteiger partial charge on any atom is -0.298 e. The van der Waals surface area contributed by atoms with Gasteiger partial charge in [0.15, 0.2) is 0 Å². The van der Waals surface area contributed by atoms with Gasteiger partial charge in [-0.2, -0.15) is 0 Å². The molecule has 0 aromatic heterocycles. The van der Waals surface area contributed by atoms with Gasteiger partial charge in [0.2, 0.25) is 0 Å². The molecule has 96 valence electrons. The van der Waals surface area contributed by atoms with Crippen LogP contribution in [0.15, 0.2) is 48.5 Å². The highest BCUT2D eigenvalue weighted by molar-refractivity contribution is 6.16. The van der Waals surface area contributed by atoms with E-state index in [-0.39, 0.29) is 0 Å². The van der Waals surface area contributed by atoms with Crippen molar-refractivity contribution in [3.63, 3.8) is 0 Å². The smallest absolute Gasteiger partial charge is 0.150 e. The second-order valence-electron chi connectivity index (χ2n) is 5.28. The number of aryl methyl sites for hydroxylation is 1. The molecule has 1 heteroatoms. The molecule has 0 saturated carbocycles. The zero-order valence-corrected chi connectivity index (χ0v) is 11.3. The van der Waals surface area contributed by atoms with Crippen molar-refractivity contribution >= 4 is 17.1 Å². The lowest BCUT2D eigenvalue weighted by molar-refractivity contribution is 0.112. The van der Waals surface area contributed by atoms with Crippen LogP contribution in [0.4, 0.5) is 0 Å². The van der Waals surface area contributed by atoms with Crippen LogP contribution in [-0.2, 0) is 6.42 Å². The molecule has 0 heterocycles. The summed E-state index contributed by atoms with van der Waals surface area (Å²) in [5, 5.41) is 2.68. The Balaban J connectivity index is 2.16. The predicted octanol–water partition coefficient (Wildman–Crippen LogP) is 4.86. The van der Waals surface area contributed by atoms with Gasteiger partial charge >= 0.3 is 0 Å². The second kappa shape index (κ2) is 4.04. The van der Waals surface area contributed by atoms with Crippen molar-refractivity contribution in [1.82, 2.24) is 0 Å². The van der Waals surface area contributed by atoms with Crippen molar-refractivity contribution in [2.75, 3.05) is 0 Å². The highest BCUT2D eigenvalue weighted by Crippen LogP contribution is 2.47. The van der Waals surface area contributed by atoms with E-state index in [0.29, 0.717) is 0 Å². The van der Waals surface area contributed by atoms with E-state index in [1.165, 1.54) is 38.6 Å². The van der Waals surface area contributed by atoms with Gasteiger partial charge in [0, 0.05) is 5.56 Å². The van der Waals surface area contributed by atoms with E-state index in [2.05, 4.69) is 43.3 Å². The monoisotopic (exact) mass is 258 g/mol. The standard InChI is InChI=1S/C19H14O/c1-2-13-7-9-17-15-8-6-12(11-20)10-18(15)16-5-3-4-14(13)19(16)17/h3-11H,2H2,1H3. The lowest BCUT2D eigenvalue weighted by Crippen LogP contribution is -1.84. The number of carbonyl (C=O) groups is 1. The number of hydrogen-bond donors (Lipinski definition) is 0. The molecule has 0 saturated heterocycles. The minimum absolute atomic E-state index is 0.740. The molecule has 0 N–H and O–H groups in total. The van der Waals surface area contributed by atoms with E-state index in [4.69, 9.17) is 0 Å². The zero-order valence-electron chi connectivity index (χ0n) is 11.3. The van der Waals surface area contributed by atoms with E-state index in [0.717, 1.165) is 18.3 Å². The van der Waals surface area contributed by atoms with Crippen molar-refractivity contribution in [1.29, 1.82) is 0 Å². The molecule has 0 bridgehead atoms. The summed E-state index contributed by atoms with van der Waals surface area (Å²) in [5.41, 5.74) is 7.10. The average molecular weight is 258 g/mol. The molecule has 0 fully saturated rings. The van der Waals surface area contributed by atoms with Crippen molar-refractivity contribution < 1.29 is 4.79 Å². The Hall–Kier alpha value is -2.41. The first-order valence-electron chi connectivity index (χ1n) is 6.98. The molecule has 0 amide bonds. The molecule has 0 unspecified atom stereocenters. The summed E-state index contributed by atoms with van der Waals surface area (Å²) < 4.78 is 0. The van der Waals surface area contributed by atoms with Crippen LogP contribution in [0.1, 0.15) is 22.8 Å². The lowest BCUT2D eigenvalue weighted by atomic mass is 9.97. The van der Waals surface area contributed by atoms with E-state index in [1.807, 2.05) is 12.1 Å². The molecule has 0 spiro atoms. The van der Waals surface area contributed by atoms with Gasteiger partial charge in [-0.25, -0.2) is 0 Å². The van der Waals surface area contributed by atoms with Crippen molar-refractivity contribution in [2.24, 2.45) is 0 Å². The highest BCUT2D eigenvalue weighted by atomic mass is 16.1. The summed E-state index contributed by atoms with van der Waals surface area (Å²) in [5.74, 6) is 0. The molecular formula is C19H14O. The van der Waals surface area contributed by atoms with E-state index < -0.39 is 0 Å². The Morgan fingerprint density at radius 3 is 2.50 bits per heavy atom. The number of carbonyl (C=O) groups excluding carboxylic acids is 1. The number of hydrogen-bond acceptors (Lipinski definition) is 1. The first kappa shape index (κ1) is 11.4. The zero-order chi connectivity index (χ0) is 13.7. The maximum Gasteiger partial charge on any atom is 0.150 e. The van der Waals surface area contributed by atoms with Crippen LogP contribution in [0.25, 0.3) is 33.0 Å². The van der Waals surface area contributed by atoms with Gasteiger partial charge in [-0.15, -0.1) is 0 Å². The van der Waals surface area contributed by atoms with Crippen LogP contribution in [0.2, 0.25) is 0 Å².